The van der Waals surface area contributed by atoms with Crippen molar-refractivity contribution in [3.05, 3.63) is 85.9 Å². The number of anilines is 1. The molecule has 9 heteroatoms. The molecule has 0 saturated carbocycles. The number of nitro benzene ring substituents is 1. The van der Waals surface area contributed by atoms with Gasteiger partial charge in [-0.3, -0.25) is 14.9 Å². The summed E-state index contributed by atoms with van der Waals surface area (Å²) in [5.74, 6) is -0.275. The van der Waals surface area contributed by atoms with Gasteiger partial charge >= 0.3 is 0 Å². The van der Waals surface area contributed by atoms with E-state index in [1.54, 1.807) is 43.3 Å². The van der Waals surface area contributed by atoms with E-state index in [0.717, 1.165) is 0 Å². The van der Waals surface area contributed by atoms with Gasteiger partial charge in [0, 0.05) is 22.3 Å². The van der Waals surface area contributed by atoms with E-state index in [-0.39, 0.29) is 11.3 Å². The number of carbonyl (C=O) groups excluding carboxylic acids is 1. The molecule has 0 radical (unpaired) electrons. The predicted octanol–water partition coefficient (Wildman–Crippen LogP) is 6.27. The summed E-state index contributed by atoms with van der Waals surface area (Å²) in [6, 6.07) is 14.2. The summed E-state index contributed by atoms with van der Waals surface area (Å²) in [7, 11) is 0. The van der Waals surface area contributed by atoms with Gasteiger partial charge in [-0.15, -0.1) is 0 Å². The Hall–Kier alpha value is -3.42. The van der Waals surface area contributed by atoms with Crippen molar-refractivity contribution in [1.82, 2.24) is 4.98 Å². The van der Waals surface area contributed by atoms with Gasteiger partial charge in [0.25, 0.3) is 11.6 Å². The van der Waals surface area contributed by atoms with E-state index in [0.29, 0.717) is 43.9 Å². The zero-order valence-electron chi connectivity index (χ0n) is 15.5. The maximum atomic E-state index is 12.7. The quantitative estimate of drug-likeness (QED) is 0.297. The highest BCUT2D eigenvalue weighted by Crippen LogP contribution is 2.34. The molecule has 3 aromatic carbocycles. The second kappa shape index (κ2) is 7.78. The lowest BCUT2D eigenvalue weighted by molar-refractivity contribution is -0.385. The van der Waals surface area contributed by atoms with Crippen LogP contribution in [0.15, 0.2) is 59.0 Å². The summed E-state index contributed by atoms with van der Waals surface area (Å²) in [6.45, 7) is 1.79. The Bertz CT molecular complexity index is 1320. The first kappa shape index (κ1) is 19.9. The molecule has 1 aromatic heterocycles. The number of benzene rings is 3. The summed E-state index contributed by atoms with van der Waals surface area (Å²) in [4.78, 5) is 27.7. The molecule has 150 valence electrons. The highest BCUT2D eigenvalue weighted by Gasteiger charge is 2.21. The Morgan fingerprint density at radius 3 is 2.67 bits per heavy atom. The smallest absolute Gasteiger partial charge is 0.282 e. The minimum absolute atomic E-state index is 0.0319. The molecule has 1 heterocycles. The normalized spacial score (nSPS) is 10.9. The number of amides is 1. The molecule has 7 nitrogen and oxygen atoms in total. The maximum Gasteiger partial charge on any atom is 0.282 e. The monoisotopic (exact) mass is 441 g/mol. The summed E-state index contributed by atoms with van der Waals surface area (Å²) in [5, 5.41) is 14.7. The SMILES string of the molecule is Cc1c(NC(=O)c2ccccc2[N+](=O)[O-])cccc1-c1nc2cc(Cl)cc(Cl)c2o1. The van der Waals surface area contributed by atoms with Gasteiger partial charge in [-0.05, 0) is 42.8 Å². The van der Waals surface area contributed by atoms with Gasteiger partial charge in [0.15, 0.2) is 5.58 Å². The van der Waals surface area contributed by atoms with Gasteiger partial charge in [-0.1, -0.05) is 41.4 Å². The molecule has 1 N–H and O–H groups in total. The van der Waals surface area contributed by atoms with E-state index >= 15 is 0 Å². The lowest BCUT2D eigenvalue weighted by Crippen LogP contribution is -2.14. The molecule has 0 fully saturated rings. The average molecular weight is 442 g/mol. The van der Waals surface area contributed by atoms with E-state index < -0.39 is 10.8 Å². The third-order valence-electron chi connectivity index (χ3n) is 4.57. The van der Waals surface area contributed by atoms with Gasteiger partial charge in [-0.25, -0.2) is 4.98 Å². The summed E-state index contributed by atoms with van der Waals surface area (Å²) in [6.07, 6.45) is 0. The fraction of sp³-hybridized carbons (Fsp3) is 0.0476. The molecule has 0 unspecified atom stereocenters. The van der Waals surface area contributed by atoms with E-state index in [4.69, 9.17) is 27.6 Å². The van der Waals surface area contributed by atoms with Crippen LogP contribution in [0.3, 0.4) is 0 Å². The molecule has 0 atom stereocenters. The Kier molecular flexibility index (Phi) is 5.15. The largest absolute Gasteiger partial charge is 0.434 e. The topological polar surface area (TPSA) is 98.3 Å². The molecule has 0 saturated heterocycles. The van der Waals surface area contributed by atoms with Crippen LogP contribution in [-0.4, -0.2) is 15.8 Å². The Morgan fingerprint density at radius 1 is 1.13 bits per heavy atom. The van der Waals surface area contributed by atoms with Gasteiger partial charge in [0.1, 0.15) is 11.1 Å². The number of nitrogens with one attached hydrogen (secondary N) is 1. The number of para-hydroxylation sites is 1. The van der Waals surface area contributed by atoms with Crippen LogP contribution in [-0.2, 0) is 0 Å². The van der Waals surface area contributed by atoms with Crippen molar-refractivity contribution < 1.29 is 14.1 Å². The molecule has 4 aromatic rings. The first-order chi connectivity index (χ1) is 14.3. The van der Waals surface area contributed by atoms with Crippen LogP contribution in [0, 0.1) is 17.0 Å². The zero-order chi connectivity index (χ0) is 21.4. The summed E-state index contributed by atoms with van der Waals surface area (Å²) < 4.78 is 5.81. The van der Waals surface area contributed by atoms with Crippen molar-refractivity contribution in [3.63, 3.8) is 0 Å². The van der Waals surface area contributed by atoms with Crippen LogP contribution in [0.4, 0.5) is 11.4 Å². The molecular weight excluding hydrogens is 429 g/mol. The van der Waals surface area contributed by atoms with Crippen molar-refractivity contribution in [3.8, 4) is 11.5 Å². The first-order valence-corrected chi connectivity index (χ1v) is 9.51. The number of aromatic nitrogens is 1. The van der Waals surface area contributed by atoms with E-state index in [2.05, 4.69) is 10.3 Å². The van der Waals surface area contributed by atoms with Crippen molar-refractivity contribution in [2.75, 3.05) is 5.32 Å². The Balaban J connectivity index is 1.72. The van der Waals surface area contributed by atoms with Gasteiger partial charge in [0.2, 0.25) is 5.89 Å². The van der Waals surface area contributed by atoms with Gasteiger partial charge < -0.3 is 9.73 Å². The number of halogens is 2. The fourth-order valence-corrected chi connectivity index (χ4v) is 3.61. The third-order valence-corrected chi connectivity index (χ3v) is 5.07. The molecule has 4 rings (SSSR count). The van der Waals surface area contributed by atoms with Crippen LogP contribution < -0.4 is 5.32 Å². The minimum atomic E-state index is -0.592. The van der Waals surface area contributed by atoms with Crippen molar-refractivity contribution in [1.29, 1.82) is 0 Å². The third kappa shape index (κ3) is 3.60. The average Bonchev–Trinajstić information content (AvgIpc) is 3.13. The van der Waals surface area contributed by atoms with Gasteiger partial charge in [0.05, 0.1) is 9.95 Å². The number of oxazole rings is 1. The molecule has 1 amide bonds. The molecule has 0 aliphatic rings. The van der Waals surface area contributed by atoms with E-state index in [1.165, 1.54) is 18.2 Å². The summed E-state index contributed by atoms with van der Waals surface area (Å²) >= 11 is 12.2. The lowest BCUT2D eigenvalue weighted by atomic mass is 10.1. The lowest BCUT2D eigenvalue weighted by Gasteiger charge is -2.11. The Morgan fingerprint density at radius 2 is 1.90 bits per heavy atom. The fourth-order valence-electron chi connectivity index (χ4n) is 3.09. The predicted molar refractivity (Wildman–Crippen MR) is 115 cm³/mol. The van der Waals surface area contributed by atoms with Crippen LogP contribution in [0.2, 0.25) is 10.0 Å². The first-order valence-electron chi connectivity index (χ1n) is 8.75. The van der Waals surface area contributed by atoms with Crippen LogP contribution in [0.1, 0.15) is 15.9 Å². The molecule has 0 bridgehead atoms. The number of hydrogen-bond acceptors (Lipinski definition) is 5. The maximum absolute atomic E-state index is 12.7. The number of carbonyl (C=O) groups is 1. The van der Waals surface area contributed by atoms with Crippen molar-refractivity contribution in [2.45, 2.75) is 6.92 Å². The van der Waals surface area contributed by atoms with Crippen LogP contribution >= 0.6 is 23.2 Å². The standard InChI is InChI=1S/C21H13Cl2N3O4/c1-11-13(21-25-17-10-12(22)9-15(23)19(17)30-21)6-4-7-16(11)24-20(27)14-5-2-3-8-18(14)26(28)29/h2-10H,1H3,(H,24,27). The van der Waals surface area contributed by atoms with Crippen molar-refractivity contribution in [2.24, 2.45) is 0 Å². The minimum Gasteiger partial charge on any atom is -0.434 e. The van der Waals surface area contributed by atoms with Crippen LogP contribution in [0.25, 0.3) is 22.6 Å². The molecule has 0 spiro atoms. The van der Waals surface area contributed by atoms with E-state index in [9.17, 15) is 14.9 Å². The number of nitrogens with zero attached hydrogens (tertiary/aromatic N) is 2. The van der Waals surface area contributed by atoms with E-state index in [1.807, 2.05) is 0 Å². The highest BCUT2D eigenvalue weighted by molar-refractivity contribution is 6.38. The van der Waals surface area contributed by atoms with Gasteiger partial charge in [-0.2, -0.15) is 0 Å². The molecule has 0 aliphatic heterocycles. The second-order valence-corrected chi connectivity index (χ2v) is 7.31. The van der Waals surface area contributed by atoms with Crippen molar-refractivity contribution >= 4 is 51.6 Å². The Labute approximate surface area is 180 Å². The number of fused-ring (bicyclic) bond motifs is 1. The van der Waals surface area contributed by atoms with Crippen LogP contribution in [0.5, 0.6) is 0 Å². The number of rotatable bonds is 4. The molecule has 0 aliphatic carbocycles. The summed E-state index contributed by atoms with van der Waals surface area (Å²) in [5.41, 5.74) is 2.41. The molecular formula is C21H13Cl2N3O4. The second-order valence-electron chi connectivity index (χ2n) is 6.46. The number of hydrogen-bond donors (Lipinski definition) is 1. The zero-order valence-corrected chi connectivity index (χ0v) is 17.0. The number of nitro groups is 1. The molecule has 30 heavy (non-hydrogen) atoms. The highest BCUT2D eigenvalue weighted by atomic mass is 35.5.